The first-order chi connectivity index (χ1) is 9.46. The molecule has 1 heterocycles. The van der Waals surface area contributed by atoms with Crippen molar-refractivity contribution in [2.24, 2.45) is 5.41 Å². The Hall–Kier alpha value is -1.30. The highest BCUT2D eigenvalue weighted by molar-refractivity contribution is 5.78. The molecule has 6 nitrogen and oxygen atoms in total. The molecule has 0 aromatic rings. The first-order valence-electron chi connectivity index (χ1n) is 7.35. The number of amides is 2. The fraction of sp³-hybridized carbons (Fsp3) is 0.857. The minimum absolute atomic E-state index is 0.200. The van der Waals surface area contributed by atoms with E-state index in [2.05, 4.69) is 10.6 Å². The van der Waals surface area contributed by atoms with Crippen molar-refractivity contribution in [2.45, 2.75) is 51.0 Å². The number of aliphatic carboxylic acids is 1. The topological polar surface area (TPSA) is 87.7 Å². The van der Waals surface area contributed by atoms with Gasteiger partial charge in [0.2, 0.25) is 0 Å². The van der Waals surface area contributed by atoms with Gasteiger partial charge in [0.25, 0.3) is 0 Å². The van der Waals surface area contributed by atoms with Crippen LogP contribution in [0.4, 0.5) is 4.79 Å². The van der Waals surface area contributed by atoms with Gasteiger partial charge in [0.05, 0.1) is 11.0 Å². The maximum absolute atomic E-state index is 11.8. The number of nitrogens with one attached hydrogen (secondary N) is 2. The maximum atomic E-state index is 11.8. The largest absolute Gasteiger partial charge is 0.481 e. The summed E-state index contributed by atoms with van der Waals surface area (Å²) in [4.78, 5) is 23.2. The van der Waals surface area contributed by atoms with Crippen LogP contribution in [0.5, 0.6) is 0 Å². The quantitative estimate of drug-likeness (QED) is 0.714. The molecule has 0 radical (unpaired) electrons. The van der Waals surface area contributed by atoms with Gasteiger partial charge >= 0.3 is 12.0 Å². The zero-order valence-corrected chi connectivity index (χ0v) is 12.0. The molecule has 0 aromatic heterocycles. The highest BCUT2D eigenvalue weighted by atomic mass is 16.5. The summed E-state index contributed by atoms with van der Waals surface area (Å²) in [6.45, 7) is 3.38. The molecule has 1 saturated carbocycles. The minimum Gasteiger partial charge on any atom is -0.481 e. The van der Waals surface area contributed by atoms with Gasteiger partial charge in [-0.2, -0.15) is 0 Å². The summed E-state index contributed by atoms with van der Waals surface area (Å²) in [5.41, 5.74) is -1.06. The molecule has 2 rings (SSSR count). The van der Waals surface area contributed by atoms with Gasteiger partial charge in [-0.3, -0.25) is 4.79 Å². The van der Waals surface area contributed by atoms with Crippen LogP contribution in [0, 0.1) is 5.41 Å². The van der Waals surface area contributed by atoms with Crippen molar-refractivity contribution in [1.29, 1.82) is 0 Å². The van der Waals surface area contributed by atoms with E-state index in [0.29, 0.717) is 19.4 Å². The van der Waals surface area contributed by atoms with Crippen molar-refractivity contribution in [3.63, 3.8) is 0 Å². The van der Waals surface area contributed by atoms with E-state index in [1.54, 1.807) is 0 Å². The average Bonchev–Trinajstić information content (AvgIpc) is 3.04. The van der Waals surface area contributed by atoms with Gasteiger partial charge in [-0.25, -0.2) is 4.79 Å². The van der Waals surface area contributed by atoms with E-state index >= 15 is 0 Å². The van der Waals surface area contributed by atoms with Crippen molar-refractivity contribution >= 4 is 12.0 Å². The molecule has 2 fully saturated rings. The predicted octanol–water partition coefficient (Wildman–Crippen LogP) is 1.50. The Morgan fingerprint density at radius 1 is 1.10 bits per heavy atom. The molecule has 0 bridgehead atoms. The summed E-state index contributed by atoms with van der Waals surface area (Å²) in [5, 5.41) is 14.8. The lowest BCUT2D eigenvalue weighted by atomic mass is 9.86. The van der Waals surface area contributed by atoms with Gasteiger partial charge < -0.3 is 20.5 Å². The van der Waals surface area contributed by atoms with Crippen LogP contribution in [0.1, 0.15) is 45.4 Å². The van der Waals surface area contributed by atoms with E-state index in [9.17, 15) is 14.7 Å². The third-order valence-corrected chi connectivity index (χ3v) is 4.53. The third kappa shape index (κ3) is 3.42. The van der Waals surface area contributed by atoms with E-state index in [0.717, 1.165) is 32.3 Å². The second-order valence-electron chi connectivity index (χ2n) is 6.23. The van der Waals surface area contributed by atoms with Crippen LogP contribution in [0.25, 0.3) is 0 Å². The van der Waals surface area contributed by atoms with Gasteiger partial charge in [-0.05, 0) is 32.6 Å². The number of carboxylic acids is 1. The molecule has 1 aliphatic carbocycles. The first kappa shape index (κ1) is 15.1. The Labute approximate surface area is 119 Å². The van der Waals surface area contributed by atoms with E-state index in [1.165, 1.54) is 0 Å². The van der Waals surface area contributed by atoms with E-state index in [4.69, 9.17) is 4.74 Å². The number of hydrogen-bond acceptors (Lipinski definition) is 3. The van der Waals surface area contributed by atoms with Crippen molar-refractivity contribution < 1.29 is 19.4 Å². The Morgan fingerprint density at radius 2 is 1.75 bits per heavy atom. The highest BCUT2D eigenvalue weighted by Crippen LogP contribution is 2.37. The standard InChI is InChI=1S/C14H24N2O4/c1-13(5-4-8-20-13)9-15-12(19)16-10-14(11(17)18)6-2-3-7-14/h2-10H2,1H3,(H,17,18)(H2,15,16,19). The van der Waals surface area contributed by atoms with Crippen molar-refractivity contribution in [3.8, 4) is 0 Å². The molecular weight excluding hydrogens is 260 g/mol. The molecule has 1 aliphatic heterocycles. The number of urea groups is 1. The number of carboxylic acid groups (broad SMARTS) is 1. The zero-order chi connectivity index (χ0) is 14.6. The Bertz CT molecular complexity index is 371. The lowest BCUT2D eigenvalue weighted by molar-refractivity contribution is -0.148. The number of carbonyl (C=O) groups is 2. The summed E-state index contributed by atoms with van der Waals surface area (Å²) >= 11 is 0. The summed E-state index contributed by atoms with van der Waals surface area (Å²) < 4.78 is 5.59. The number of hydrogen-bond donors (Lipinski definition) is 3. The van der Waals surface area contributed by atoms with E-state index in [-0.39, 0.29) is 18.2 Å². The Kier molecular flexibility index (Phi) is 4.52. The van der Waals surface area contributed by atoms with Crippen molar-refractivity contribution in [3.05, 3.63) is 0 Å². The molecule has 0 aromatic carbocycles. The fourth-order valence-electron chi connectivity index (χ4n) is 3.07. The molecule has 3 N–H and O–H groups in total. The molecule has 2 aliphatic rings. The molecule has 20 heavy (non-hydrogen) atoms. The monoisotopic (exact) mass is 284 g/mol. The summed E-state index contributed by atoms with van der Waals surface area (Å²) in [5.74, 6) is -0.804. The summed E-state index contributed by atoms with van der Waals surface area (Å²) in [6.07, 6.45) is 5.07. The maximum Gasteiger partial charge on any atom is 0.314 e. The molecule has 1 atom stereocenters. The van der Waals surface area contributed by atoms with Crippen LogP contribution in [0.15, 0.2) is 0 Å². The Balaban J connectivity index is 1.75. The average molecular weight is 284 g/mol. The molecule has 6 heteroatoms. The molecular formula is C14H24N2O4. The van der Waals surface area contributed by atoms with Gasteiger partial charge in [0.15, 0.2) is 0 Å². The highest BCUT2D eigenvalue weighted by Gasteiger charge is 2.41. The normalized spacial score (nSPS) is 28.2. The van der Waals surface area contributed by atoms with Gasteiger partial charge in [0.1, 0.15) is 0 Å². The van der Waals surface area contributed by atoms with Crippen LogP contribution >= 0.6 is 0 Å². The number of ether oxygens (including phenoxy) is 1. The third-order valence-electron chi connectivity index (χ3n) is 4.53. The van der Waals surface area contributed by atoms with Crippen LogP contribution in [-0.2, 0) is 9.53 Å². The van der Waals surface area contributed by atoms with Crippen LogP contribution < -0.4 is 10.6 Å². The SMILES string of the molecule is CC1(CNC(=O)NCC2(C(=O)O)CCCC2)CCCO1. The molecule has 2 amide bonds. The second kappa shape index (κ2) is 5.99. The van der Waals surface area contributed by atoms with Gasteiger partial charge in [-0.1, -0.05) is 12.8 Å². The predicted molar refractivity (Wildman–Crippen MR) is 73.5 cm³/mol. The molecule has 0 spiro atoms. The number of carbonyl (C=O) groups excluding carboxylic acids is 1. The van der Waals surface area contributed by atoms with Crippen LogP contribution in [0.2, 0.25) is 0 Å². The van der Waals surface area contributed by atoms with Gasteiger partial charge in [-0.15, -0.1) is 0 Å². The Morgan fingerprint density at radius 3 is 2.30 bits per heavy atom. The fourth-order valence-corrected chi connectivity index (χ4v) is 3.07. The first-order valence-corrected chi connectivity index (χ1v) is 7.35. The van der Waals surface area contributed by atoms with Crippen LogP contribution in [-0.4, -0.2) is 42.4 Å². The minimum atomic E-state index is -0.804. The van der Waals surface area contributed by atoms with E-state index in [1.807, 2.05) is 6.92 Å². The van der Waals surface area contributed by atoms with E-state index < -0.39 is 11.4 Å². The smallest absolute Gasteiger partial charge is 0.314 e. The van der Waals surface area contributed by atoms with Crippen molar-refractivity contribution in [1.82, 2.24) is 10.6 Å². The summed E-state index contributed by atoms with van der Waals surface area (Å²) in [7, 11) is 0. The molecule has 1 saturated heterocycles. The zero-order valence-electron chi connectivity index (χ0n) is 12.0. The van der Waals surface area contributed by atoms with Crippen molar-refractivity contribution in [2.75, 3.05) is 19.7 Å². The van der Waals surface area contributed by atoms with Crippen LogP contribution in [0.3, 0.4) is 0 Å². The lowest BCUT2D eigenvalue weighted by Crippen LogP contribution is -2.48. The number of rotatable bonds is 5. The lowest BCUT2D eigenvalue weighted by Gasteiger charge is -2.26. The second-order valence-corrected chi connectivity index (χ2v) is 6.23. The van der Waals surface area contributed by atoms with Gasteiger partial charge in [0, 0.05) is 19.7 Å². The molecule has 114 valence electrons. The summed E-state index contributed by atoms with van der Waals surface area (Å²) in [6, 6.07) is -0.311. The molecule has 1 unspecified atom stereocenters.